The molecular formula is C13H17N. The van der Waals surface area contributed by atoms with Crippen molar-refractivity contribution in [3.63, 3.8) is 0 Å². The van der Waals surface area contributed by atoms with Crippen molar-refractivity contribution in [3.05, 3.63) is 35.9 Å². The second-order valence-corrected chi connectivity index (χ2v) is 4.87. The van der Waals surface area contributed by atoms with Gasteiger partial charge in [0, 0.05) is 19.6 Å². The van der Waals surface area contributed by atoms with E-state index in [2.05, 4.69) is 42.2 Å². The fourth-order valence-corrected chi connectivity index (χ4v) is 2.88. The van der Waals surface area contributed by atoms with Gasteiger partial charge in [-0.25, -0.2) is 0 Å². The monoisotopic (exact) mass is 187 g/mol. The van der Waals surface area contributed by atoms with E-state index in [-0.39, 0.29) is 0 Å². The third kappa shape index (κ3) is 1.36. The van der Waals surface area contributed by atoms with E-state index in [1.165, 1.54) is 18.7 Å². The molecule has 1 heterocycles. The summed E-state index contributed by atoms with van der Waals surface area (Å²) in [6.45, 7) is 6.22. The molecule has 3 rings (SSSR count). The Hall–Kier alpha value is -0.820. The number of nitrogens with zero attached hydrogens (tertiary/aromatic N) is 1. The summed E-state index contributed by atoms with van der Waals surface area (Å²) in [6, 6.07) is 10.8. The Bertz CT molecular complexity index is 307. The van der Waals surface area contributed by atoms with Crippen molar-refractivity contribution in [2.75, 3.05) is 13.1 Å². The minimum absolute atomic E-state index is 1.02. The minimum atomic E-state index is 1.02. The number of benzene rings is 1. The molecule has 2 atom stereocenters. The SMILES string of the molecule is CC1C2CN(Cc3ccccc3)CC12. The van der Waals surface area contributed by atoms with E-state index < -0.39 is 0 Å². The van der Waals surface area contributed by atoms with Gasteiger partial charge in [0.1, 0.15) is 0 Å². The van der Waals surface area contributed by atoms with E-state index in [1.54, 1.807) is 0 Å². The van der Waals surface area contributed by atoms with Crippen LogP contribution in [-0.2, 0) is 6.54 Å². The average Bonchev–Trinajstić information content (AvgIpc) is 2.65. The molecule has 2 fully saturated rings. The number of piperidine rings is 1. The summed E-state index contributed by atoms with van der Waals surface area (Å²) < 4.78 is 0. The van der Waals surface area contributed by atoms with E-state index in [0.717, 1.165) is 24.3 Å². The quantitative estimate of drug-likeness (QED) is 0.687. The lowest BCUT2D eigenvalue weighted by atomic mass is 10.2. The highest BCUT2D eigenvalue weighted by Crippen LogP contribution is 2.51. The molecule has 0 spiro atoms. The zero-order valence-electron chi connectivity index (χ0n) is 8.69. The van der Waals surface area contributed by atoms with Gasteiger partial charge < -0.3 is 0 Å². The first kappa shape index (κ1) is 8.49. The Kier molecular flexibility index (Phi) is 1.88. The molecule has 1 aliphatic heterocycles. The largest absolute Gasteiger partial charge is 0.298 e. The number of rotatable bonds is 2. The van der Waals surface area contributed by atoms with Crippen molar-refractivity contribution in [1.82, 2.24) is 4.90 Å². The highest BCUT2D eigenvalue weighted by atomic mass is 15.2. The molecule has 14 heavy (non-hydrogen) atoms. The number of hydrogen-bond donors (Lipinski definition) is 0. The zero-order valence-corrected chi connectivity index (χ0v) is 8.69. The summed E-state index contributed by atoms with van der Waals surface area (Å²) in [5.74, 6) is 3.07. The van der Waals surface area contributed by atoms with Gasteiger partial charge in [-0.1, -0.05) is 37.3 Å². The van der Waals surface area contributed by atoms with Gasteiger partial charge in [-0.3, -0.25) is 4.90 Å². The van der Waals surface area contributed by atoms with Gasteiger partial charge in [-0.2, -0.15) is 0 Å². The molecule has 2 aliphatic rings. The number of likely N-dealkylation sites (tertiary alicyclic amines) is 1. The minimum Gasteiger partial charge on any atom is -0.298 e. The van der Waals surface area contributed by atoms with Crippen LogP contribution in [0.4, 0.5) is 0 Å². The zero-order chi connectivity index (χ0) is 9.54. The molecule has 1 nitrogen and oxygen atoms in total. The van der Waals surface area contributed by atoms with Gasteiger partial charge in [0.05, 0.1) is 0 Å². The molecule has 1 saturated carbocycles. The molecule has 1 aromatic rings. The Morgan fingerprint density at radius 2 is 1.79 bits per heavy atom. The van der Waals surface area contributed by atoms with Crippen molar-refractivity contribution in [2.45, 2.75) is 13.5 Å². The van der Waals surface area contributed by atoms with Crippen LogP contribution in [-0.4, -0.2) is 18.0 Å². The molecule has 0 bridgehead atoms. The Balaban J connectivity index is 1.60. The van der Waals surface area contributed by atoms with Crippen LogP contribution >= 0.6 is 0 Å². The van der Waals surface area contributed by atoms with Gasteiger partial charge in [0.2, 0.25) is 0 Å². The molecule has 0 amide bonds. The highest BCUT2D eigenvalue weighted by Gasteiger charge is 2.52. The summed E-state index contributed by atoms with van der Waals surface area (Å²) >= 11 is 0. The number of hydrogen-bond acceptors (Lipinski definition) is 1. The number of fused-ring (bicyclic) bond motifs is 1. The lowest BCUT2D eigenvalue weighted by Crippen LogP contribution is -2.23. The molecule has 0 aromatic heterocycles. The smallest absolute Gasteiger partial charge is 0.0233 e. The molecule has 1 aromatic carbocycles. The summed E-state index contributed by atoms with van der Waals surface area (Å²) in [4.78, 5) is 2.60. The highest BCUT2D eigenvalue weighted by molar-refractivity contribution is 5.15. The molecule has 2 unspecified atom stereocenters. The molecule has 1 aliphatic carbocycles. The molecular weight excluding hydrogens is 170 g/mol. The van der Waals surface area contributed by atoms with Gasteiger partial charge in [-0.15, -0.1) is 0 Å². The van der Waals surface area contributed by atoms with Crippen LogP contribution in [0.2, 0.25) is 0 Å². The molecule has 0 N–H and O–H groups in total. The van der Waals surface area contributed by atoms with E-state index in [0.29, 0.717) is 0 Å². The molecule has 0 radical (unpaired) electrons. The van der Waals surface area contributed by atoms with Gasteiger partial charge in [-0.05, 0) is 23.3 Å². The summed E-state index contributed by atoms with van der Waals surface area (Å²) in [5, 5.41) is 0. The van der Waals surface area contributed by atoms with E-state index in [9.17, 15) is 0 Å². The van der Waals surface area contributed by atoms with Crippen molar-refractivity contribution in [2.24, 2.45) is 17.8 Å². The maximum atomic E-state index is 2.60. The van der Waals surface area contributed by atoms with Crippen LogP contribution in [0, 0.1) is 17.8 Å². The third-order valence-electron chi connectivity index (χ3n) is 3.95. The average molecular weight is 187 g/mol. The van der Waals surface area contributed by atoms with Crippen molar-refractivity contribution in [1.29, 1.82) is 0 Å². The van der Waals surface area contributed by atoms with Gasteiger partial charge in [0.25, 0.3) is 0 Å². The summed E-state index contributed by atoms with van der Waals surface area (Å²) in [6.07, 6.45) is 0. The van der Waals surface area contributed by atoms with Gasteiger partial charge in [0.15, 0.2) is 0 Å². The van der Waals surface area contributed by atoms with Crippen molar-refractivity contribution in [3.8, 4) is 0 Å². The van der Waals surface area contributed by atoms with E-state index >= 15 is 0 Å². The van der Waals surface area contributed by atoms with Crippen LogP contribution in [0.3, 0.4) is 0 Å². The standard InChI is InChI=1S/C13H17N/c1-10-12-8-14(9-13(10)12)7-11-5-3-2-4-6-11/h2-6,10,12-13H,7-9H2,1H3. The second kappa shape index (κ2) is 3.09. The topological polar surface area (TPSA) is 3.24 Å². The summed E-state index contributed by atoms with van der Waals surface area (Å²) in [5.41, 5.74) is 1.46. The fraction of sp³-hybridized carbons (Fsp3) is 0.538. The maximum absolute atomic E-state index is 2.60. The predicted molar refractivity (Wildman–Crippen MR) is 57.9 cm³/mol. The van der Waals surface area contributed by atoms with Crippen molar-refractivity contribution >= 4 is 0 Å². The van der Waals surface area contributed by atoms with Crippen LogP contribution in [0.5, 0.6) is 0 Å². The fourth-order valence-electron chi connectivity index (χ4n) is 2.88. The Labute approximate surface area is 85.7 Å². The predicted octanol–water partition coefficient (Wildman–Crippen LogP) is 2.38. The van der Waals surface area contributed by atoms with Crippen LogP contribution in [0.1, 0.15) is 12.5 Å². The Morgan fingerprint density at radius 3 is 2.43 bits per heavy atom. The second-order valence-electron chi connectivity index (χ2n) is 4.87. The third-order valence-corrected chi connectivity index (χ3v) is 3.95. The first-order valence-corrected chi connectivity index (χ1v) is 5.61. The van der Waals surface area contributed by atoms with Crippen LogP contribution in [0.25, 0.3) is 0 Å². The summed E-state index contributed by atoms with van der Waals surface area (Å²) in [7, 11) is 0. The maximum Gasteiger partial charge on any atom is 0.0233 e. The molecule has 74 valence electrons. The van der Waals surface area contributed by atoms with E-state index in [1.807, 2.05) is 0 Å². The van der Waals surface area contributed by atoms with Crippen molar-refractivity contribution < 1.29 is 0 Å². The molecule has 1 heteroatoms. The Morgan fingerprint density at radius 1 is 1.14 bits per heavy atom. The van der Waals surface area contributed by atoms with E-state index in [4.69, 9.17) is 0 Å². The van der Waals surface area contributed by atoms with Crippen LogP contribution < -0.4 is 0 Å². The normalized spacial score (nSPS) is 35.6. The van der Waals surface area contributed by atoms with Gasteiger partial charge >= 0.3 is 0 Å². The lowest BCUT2D eigenvalue weighted by molar-refractivity contribution is 0.281. The lowest BCUT2D eigenvalue weighted by Gasteiger charge is -2.18. The van der Waals surface area contributed by atoms with Crippen LogP contribution in [0.15, 0.2) is 30.3 Å². The first-order valence-electron chi connectivity index (χ1n) is 5.61. The first-order chi connectivity index (χ1) is 6.84. The molecule has 1 saturated heterocycles.